The Bertz CT molecular complexity index is 109. The van der Waals surface area contributed by atoms with E-state index in [-0.39, 0.29) is 5.92 Å². The van der Waals surface area contributed by atoms with Gasteiger partial charge < -0.3 is 15.1 Å². The number of hydrogen-bond acceptors (Lipinski definition) is 3. The van der Waals surface area contributed by atoms with Gasteiger partial charge in [0.15, 0.2) is 6.29 Å². The fourth-order valence-corrected chi connectivity index (χ4v) is 1.57. The molecule has 1 saturated heterocycles. The molecule has 3 heteroatoms. The van der Waals surface area contributed by atoms with Gasteiger partial charge in [0.25, 0.3) is 0 Å². The molecule has 0 aromatic rings. The summed E-state index contributed by atoms with van der Waals surface area (Å²) in [6, 6.07) is 0. The van der Waals surface area contributed by atoms with Crippen LogP contribution in [-0.4, -0.2) is 41.0 Å². The molecule has 1 aliphatic rings. The molecule has 0 aromatic heterocycles. The average molecular weight is 159 g/mol. The van der Waals surface area contributed by atoms with Crippen molar-refractivity contribution in [2.75, 3.05) is 19.6 Å². The van der Waals surface area contributed by atoms with Gasteiger partial charge in [-0.3, -0.25) is 0 Å². The Balaban J connectivity index is 2.24. The fourth-order valence-electron chi connectivity index (χ4n) is 1.57. The normalized spacial score (nSPS) is 22.9. The fraction of sp³-hybridized carbons (Fsp3) is 1.00. The van der Waals surface area contributed by atoms with Gasteiger partial charge in [-0.15, -0.1) is 0 Å². The minimum atomic E-state index is -1.10. The van der Waals surface area contributed by atoms with Crippen LogP contribution in [-0.2, 0) is 0 Å². The number of rotatable bonds is 2. The first-order chi connectivity index (χ1) is 5.24. The summed E-state index contributed by atoms with van der Waals surface area (Å²) in [5.74, 6) is 0.109. The Morgan fingerprint density at radius 2 is 1.91 bits per heavy atom. The quantitative estimate of drug-likeness (QED) is 0.559. The van der Waals surface area contributed by atoms with E-state index in [2.05, 4.69) is 11.8 Å². The van der Waals surface area contributed by atoms with Gasteiger partial charge in [0.1, 0.15) is 0 Å². The SMILES string of the molecule is CCN1CCC(C(O)O)CC1. The molecular weight excluding hydrogens is 142 g/mol. The van der Waals surface area contributed by atoms with Gasteiger partial charge in [-0.2, -0.15) is 0 Å². The van der Waals surface area contributed by atoms with Crippen molar-refractivity contribution in [3.8, 4) is 0 Å². The second-order valence-electron chi connectivity index (χ2n) is 3.19. The van der Waals surface area contributed by atoms with Crippen LogP contribution < -0.4 is 0 Å². The molecule has 1 heterocycles. The molecule has 0 amide bonds. The second kappa shape index (κ2) is 4.04. The Morgan fingerprint density at radius 1 is 1.36 bits per heavy atom. The highest BCUT2D eigenvalue weighted by Crippen LogP contribution is 2.18. The van der Waals surface area contributed by atoms with E-state index >= 15 is 0 Å². The molecule has 3 nitrogen and oxygen atoms in total. The summed E-state index contributed by atoms with van der Waals surface area (Å²) in [5.41, 5.74) is 0. The van der Waals surface area contributed by atoms with Crippen molar-refractivity contribution >= 4 is 0 Å². The van der Waals surface area contributed by atoms with Crippen LogP contribution in [0, 0.1) is 5.92 Å². The lowest BCUT2D eigenvalue weighted by molar-refractivity contribution is -0.0978. The average Bonchev–Trinajstić information content (AvgIpc) is 2.05. The smallest absolute Gasteiger partial charge is 0.154 e. The van der Waals surface area contributed by atoms with E-state index in [0.29, 0.717) is 0 Å². The number of nitrogens with zero attached hydrogens (tertiary/aromatic N) is 1. The summed E-state index contributed by atoms with van der Waals surface area (Å²) in [5, 5.41) is 17.7. The Hall–Kier alpha value is -0.120. The largest absolute Gasteiger partial charge is 0.368 e. The maximum absolute atomic E-state index is 8.87. The molecule has 1 fully saturated rings. The van der Waals surface area contributed by atoms with Gasteiger partial charge in [-0.1, -0.05) is 6.92 Å². The number of piperidine rings is 1. The van der Waals surface area contributed by atoms with E-state index in [1.54, 1.807) is 0 Å². The summed E-state index contributed by atoms with van der Waals surface area (Å²) in [4.78, 5) is 2.33. The molecule has 0 spiro atoms. The third-order valence-electron chi connectivity index (χ3n) is 2.50. The molecule has 0 aliphatic carbocycles. The van der Waals surface area contributed by atoms with E-state index < -0.39 is 6.29 Å². The van der Waals surface area contributed by atoms with Gasteiger partial charge >= 0.3 is 0 Å². The van der Waals surface area contributed by atoms with E-state index in [1.165, 1.54) is 0 Å². The predicted octanol–water partition coefficient (Wildman–Crippen LogP) is 0.0290. The van der Waals surface area contributed by atoms with Gasteiger partial charge in [0.05, 0.1) is 0 Å². The lowest BCUT2D eigenvalue weighted by Gasteiger charge is -2.31. The lowest BCUT2D eigenvalue weighted by atomic mass is 9.96. The molecule has 11 heavy (non-hydrogen) atoms. The minimum Gasteiger partial charge on any atom is -0.368 e. The summed E-state index contributed by atoms with van der Waals surface area (Å²) >= 11 is 0. The summed E-state index contributed by atoms with van der Waals surface area (Å²) < 4.78 is 0. The Labute approximate surface area is 67.6 Å². The zero-order valence-electron chi connectivity index (χ0n) is 7.03. The van der Waals surface area contributed by atoms with E-state index in [1.807, 2.05) is 0 Å². The van der Waals surface area contributed by atoms with E-state index in [4.69, 9.17) is 10.2 Å². The molecule has 1 aliphatic heterocycles. The van der Waals surface area contributed by atoms with Crippen molar-refractivity contribution in [2.24, 2.45) is 5.92 Å². The van der Waals surface area contributed by atoms with Crippen LogP contribution in [0.25, 0.3) is 0 Å². The van der Waals surface area contributed by atoms with Gasteiger partial charge in [0.2, 0.25) is 0 Å². The zero-order chi connectivity index (χ0) is 8.27. The van der Waals surface area contributed by atoms with Crippen LogP contribution in [0.3, 0.4) is 0 Å². The summed E-state index contributed by atoms with van der Waals surface area (Å²) in [6.07, 6.45) is 0.741. The molecule has 0 aromatic carbocycles. The van der Waals surface area contributed by atoms with Crippen LogP contribution in [0.2, 0.25) is 0 Å². The van der Waals surface area contributed by atoms with Gasteiger partial charge in [-0.25, -0.2) is 0 Å². The van der Waals surface area contributed by atoms with E-state index in [9.17, 15) is 0 Å². The number of likely N-dealkylation sites (tertiary alicyclic amines) is 1. The standard InChI is InChI=1S/C8H17NO2/c1-2-9-5-3-7(4-6-9)8(10)11/h7-8,10-11H,2-6H2,1H3. The topological polar surface area (TPSA) is 43.7 Å². The molecule has 0 unspecified atom stereocenters. The first-order valence-electron chi connectivity index (χ1n) is 4.32. The second-order valence-corrected chi connectivity index (χ2v) is 3.19. The van der Waals surface area contributed by atoms with Crippen molar-refractivity contribution in [1.82, 2.24) is 4.90 Å². The van der Waals surface area contributed by atoms with Crippen LogP contribution in [0.1, 0.15) is 19.8 Å². The molecular formula is C8H17NO2. The van der Waals surface area contributed by atoms with Crippen LogP contribution in [0.4, 0.5) is 0 Å². The molecule has 66 valence electrons. The summed E-state index contributed by atoms with van der Waals surface area (Å²) in [7, 11) is 0. The van der Waals surface area contributed by atoms with Crippen LogP contribution >= 0.6 is 0 Å². The number of hydrogen-bond donors (Lipinski definition) is 2. The molecule has 1 rings (SSSR count). The van der Waals surface area contributed by atoms with Crippen molar-refractivity contribution in [1.29, 1.82) is 0 Å². The maximum atomic E-state index is 8.87. The van der Waals surface area contributed by atoms with Crippen LogP contribution in [0.15, 0.2) is 0 Å². The Kier molecular flexibility index (Phi) is 3.30. The van der Waals surface area contributed by atoms with E-state index in [0.717, 1.165) is 32.5 Å². The number of aliphatic hydroxyl groups excluding tert-OH is 1. The highest BCUT2D eigenvalue weighted by Gasteiger charge is 2.22. The third-order valence-corrected chi connectivity index (χ3v) is 2.50. The van der Waals surface area contributed by atoms with Crippen molar-refractivity contribution < 1.29 is 10.2 Å². The van der Waals surface area contributed by atoms with Crippen molar-refractivity contribution in [2.45, 2.75) is 26.1 Å². The first kappa shape index (κ1) is 8.97. The summed E-state index contributed by atoms with van der Waals surface area (Å²) in [6.45, 7) is 5.24. The zero-order valence-corrected chi connectivity index (χ0v) is 7.03. The van der Waals surface area contributed by atoms with Crippen LogP contribution in [0.5, 0.6) is 0 Å². The molecule has 0 radical (unpaired) electrons. The Morgan fingerprint density at radius 3 is 2.27 bits per heavy atom. The predicted molar refractivity (Wildman–Crippen MR) is 43.1 cm³/mol. The molecule has 0 bridgehead atoms. The number of aliphatic hydroxyl groups is 2. The molecule has 0 saturated carbocycles. The highest BCUT2D eigenvalue weighted by molar-refractivity contribution is 4.72. The molecule has 0 atom stereocenters. The van der Waals surface area contributed by atoms with Gasteiger partial charge in [0, 0.05) is 5.92 Å². The highest BCUT2D eigenvalue weighted by atomic mass is 16.5. The minimum absolute atomic E-state index is 0.109. The third kappa shape index (κ3) is 2.43. The van der Waals surface area contributed by atoms with Gasteiger partial charge in [-0.05, 0) is 32.5 Å². The molecule has 2 N–H and O–H groups in total. The first-order valence-corrected chi connectivity index (χ1v) is 4.32. The lowest BCUT2D eigenvalue weighted by Crippen LogP contribution is -2.37. The van der Waals surface area contributed by atoms with Crippen molar-refractivity contribution in [3.63, 3.8) is 0 Å². The van der Waals surface area contributed by atoms with Crippen molar-refractivity contribution in [3.05, 3.63) is 0 Å². The maximum Gasteiger partial charge on any atom is 0.154 e. The monoisotopic (exact) mass is 159 g/mol.